The van der Waals surface area contributed by atoms with Crippen LogP contribution in [0.3, 0.4) is 0 Å². The third-order valence-electron chi connectivity index (χ3n) is 5.07. The molecule has 0 bridgehead atoms. The van der Waals surface area contributed by atoms with Gasteiger partial charge in [0.2, 0.25) is 0 Å². The van der Waals surface area contributed by atoms with Gasteiger partial charge in [0.25, 0.3) is 0 Å². The molecule has 0 fully saturated rings. The fourth-order valence-corrected chi connectivity index (χ4v) is 3.44. The van der Waals surface area contributed by atoms with E-state index in [4.69, 9.17) is 0 Å². The second kappa shape index (κ2) is 5.95. The van der Waals surface area contributed by atoms with Gasteiger partial charge < -0.3 is 4.98 Å². The van der Waals surface area contributed by atoms with Gasteiger partial charge in [-0.3, -0.25) is 10.1 Å². The molecule has 3 heterocycles. The van der Waals surface area contributed by atoms with Gasteiger partial charge in [-0.2, -0.15) is 5.10 Å². The Morgan fingerprint density at radius 2 is 1.82 bits per heavy atom. The van der Waals surface area contributed by atoms with Crippen LogP contribution in [0.1, 0.15) is 11.1 Å². The van der Waals surface area contributed by atoms with Crippen LogP contribution >= 0.6 is 0 Å². The summed E-state index contributed by atoms with van der Waals surface area (Å²) in [4.78, 5) is 11.6. The Kier molecular flexibility index (Phi) is 3.52. The van der Waals surface area contributed by atoms with Crippen LogP contribution in [0.4, 0.5) is 8.78 Å². The highest BCUT2D eigenvalue weighted by atomic mass is 19.1. The van der Waals surface area contributed by atoms with Gasteiger partial charge in [-0.05, 0) is 48.7 Å². The number of hydrogen-bond donors (Lipinski definition) is 2. The van der Waals surface area contributed by atoms with Gasteiger partial charge in [-0.25, -0.2) is 13.8 Å². The van der Waals surface area contributed by atoms with Gasteiger partial charge in [0.05, 0.1) is 11.0 Å². The van der Waals surface area contributed by atoms with Crippen molar-refractivity contribution in [3.05, 3.63) is 65.5 Å². The first-order valence-corrected chi connectivity index (χ1v) is 8.76. The molecule has 5 aromatic rings. The first-order valence-electron chi connectivity index (χ1n) is 8.76. The second-order valence-corrected chi connectivity index (χ2v) is 6.83. The molecule has 0 aliphatic heterocycles. The SMILES string of the molecule is Cc1cncc(-c2ccc3[nH]nc(-c4nc5c(F)cc(F)cc5[nH]4)c3c2)c1C. The average molecular weight is 375 g/mol. The molecule has 2 N–H and O–H groups in total. The highest BCUT2D eigenvalue weighted by Crippen LogP contribution is 2.32. The molecule has 138 valence electrons. The van der Waals surface area contributed by atoms with E-state index in [2.05, 4.69) is 32.1 Å². The van der Waals surface area contributed by atoms with E-state index in [9.17, 15) is 8.78 Å². The molecule has 0 amide bonds. The lowest BCUT2D eigenvalue weighted by Gasteiger charge is -2.08. The van der Waals surface area contributed by atoms with Crippen LogP contribution in [-0.4, -0.2) is 25.1 Å². The monoisotopic (exact) mass is 375 g/mol. The van der Waals surface area contributed by atoms with Crippen molar-refractivity contribution >= 4 is 21.9 Å². The molecule has 0 saturated carbocycles. The summed E-state index contributed by atoms with van der Waals surface area (Å²) in [5.74, 6) is -0.988. The Balaban J connectivity index is 1.71. The fourth-order valence-electron chi connectivity index (χ4n) is 3.44. The summed E-state index contributed by atoms with van der Waals surface area (Å²) in [6.45, 7) is 4.08. The molecule has 0 aliphatic carbocycles. The molecule has 5 nitrogen and oxygen atoms in total. The van der Waals surface area contributed by atoms with Crippen molar-refractivity contribution in [1.29, 1.82) is 0 Å². The predicted octanol–water partition coefficient (Wildman–Crippen LogP) is 5.06. The van der Waals surface area contributed by atoms with Crippen LogP contribution in [-0.2, 0) is 0 Å². The van der Waals surface area contributed by atoms with Crippen LogP contribution in [0, 0.1) is 25.5 Å². The molecular formula is C21H15F2N5. The quantitative estimate of drug-likeness (QED) is 0.453. The summed E-state index contributed by atoms with van der Waals surface area (Å²) < 4.78 is 27.5. The number of aromatic amines is 2. The number of H-pyrrole nitrogens is 2. The third-order valence-corrected chi connectivity index (χ3v) is 5.07. The minimum Gasteiger partial charge on any atom is -0.336 e. The molecule has 0 spiro atoms. The number of benzene rings is 2. The van der Waals surface area contributed by atoms with Gasteiger partial charge in [-0.15, -0.1) is 0 Å². The van der Waals surface area contributed by atoms with Crippen LogP contribution in [0.25, 0.3) is 44.6 Å². The Labute approximate surface area is 158 Å². The number of fused-ring (bicyclic) bond motifs is 2. The van der Waals surface area contributed by atoms with E-state index >= 15 is 0 Å². The van der Waals surface area contributed by atoms with E-state index in [0.29, 0.717) is 17.0 Å². The molecule has 5 rings (SSSR count). The number of aryl methyl sites for hydroxylation is 1. The second-order valence-electron chi connectivity index (χ2n) is 6.83. The minimum atomic E-state index is -0.709. The first-order chi connectivity index (χ1) is 13.5. The highest BCUT2D eigenvalue weighted by molar-refractivity contribution is 5.96. The zero-order valence-corrected chi connectivity index (χ0v) is 15.1. The van der Waals surface area contributed by atoms with E-state index in [-0.39, 0.29) is 5.52 Å². The summed E-state index contributed by atoms with van der Waals surface area (Å²) in [6, 6.07) is 7.98. The van der Waals surface area contributed by atoms with E-state index in [0.717, 1.165) is 39.2 Å². The number of hydrogen-bond acceptors (Lipinski definition) is 3. The fraction of sp³-hybridized carbons (Fsp3) is 0.0952. The molecule has 2 aromatic carbocycles. The smallest absolute Gasteiger partial charge is 0.159 e. The standard InChI is InChI=1S/C21H15F2N5/c1-10-8-24-9-15(11(10)2)12-3-4-17-14(5-12)19(28-27-17)21-25-18-7-13(22)6-16(23)20(18)26-21/h3-9H,1-2H3,(H,25,26)(H,27,28). The average Bonchev–Trinajstić information content (AvgIpc) is 3.27. The van der Waals surface area contributed by atoms with Gasteiger partial charge in [0, 0.05) is 29.4 Å². The topological polar surface area (TPSA) is 70.2 Å². The molecule has 28 heavy (non-hydrogen) atoms. The molecule has 0 aliphatic rings. The largest absolute Gasteiger partial charge is 0.336 e. The number of rotatable bonds is 2. The number of aromatic nitrogens is 5. The van der Waals surface area contributed by atoms with Crippen molar-refractivity contribution in [3.63, 3.8) is 0 Å². The number of nitrogens with zero attached hydrogens (tertiary/aromatic N) is 3. The Bertz CT molecular complexity index is 1370. The lowest BCUT2D eigenvalue weighted by molar-refractivity contribution is 0.591. The summed E-state index contributed by atoms with van der Waals surface area (Å²) in [5.41, 5.74) is 6.04. The minimum absolute atomic E-state index is 0.0856. The first kappa shape index (κ1) is 16.6. The van der Waals surface area contributed by atoms with E-state index in [1.165, 1.54) is 6.07 Å². The van der Waals surface area contributed by atoms with Crippen molar-refractivity contribution in [1.82, 2.24) is 25.1 Å². The van der Waals surface area contributed by atoms with Crippen molar-refractivity contribution < 1.29 is 8.78 Å². The highest BCUT2D eigenvalue weighted by Gasteiger charge is 2.16. The Morgan fingerprint density at radius 3 is 2.68 bits per heavy atom. The van der Waals surface area contributed by atoms with Crippen LogP contribution in [0.15, 0.2) is 42.7 Å². The molecule has 0 saturated heterocycles. The number of halogens is 2. The number of pyridine rings is 1. The Hall–Kier alpha value is -3.61. The van der Waals surface area contributed by atoms with Gasteiger partial charge in [0.1, 0.15) is 17.0 Å². The predicted molar refractivity (Wildman–Crippen MR) is 104 cm³/mol. The van der Waals surface area contributed by atoms with Crippen LogP contribution < -0.4 is 0 Å². The van der Waals surface area contributed by atoms with E-state index in [1.807, 2.05) is 37.5 Å². The lowest BCUT2D eigenvalue weighted by Crippen LogP contribution is -1.89. The van der Waals surface area contributed by atoms with Crippen molar-refractivity contribution in [2.45, 2.75) is 13.8 Å². The Morgan fingerprint density at radius 1 is 0.964 bits per heavy atom. The molecular weight excluding hydrogens is 360 g/mol. The zero-order valence-electron chi connectivity index (χ0n) is 15.1. The maximum Gasteiger partial charge on any atom is 0.159 e. The zero-order chi connectivity index (χ0) is 19.4. The van der Waals surface area contributed by atoms with Crippen LogP contribution in [0.5, 0.6) is 0 Å². The van der Waals surface area contributed by atoms with Gasteiger partial charge in [0.15, 0.2) is 11.6 Å². The molecule has 0 unspecified atom stereocenters. The van der Waals surface area contributed by atoms with E-state index < -0.39 is 11.6 Å². The van der Waals surface area contributed by atoms with Crippen molar-refractivity contribution in [3.8, 4) is 22.6 Å². The molecule has 0 radical (unpaired) electrons. The summed E-state index contributed by atoms with van der Waals surface area (Å²) in [7, 11) is 0. The molecule has 7 heteroatoms. The van der Waals surface area contributed by atoms with Gasteiger partial charge >= 0.3 is 0 Å². The van der Waals surface area contributed by atoms with Crippen LogP contribution in [0.2, 0.25) is 0 Å². The maximum atomic E-state index is 14.0. The summed E-state index contributed by atoms with van der Waals surface area (Å²) >= 11 is 0. The maximum absolute atomic E-state index is 14.0. The van der Waals surface area contributed by atoms with Crippen molar-refractivity contribution in [2.75, 3.05) is 0 Å². The summed E-state index contributed by atoms with van der Waals surface area (Å²) in [6.07, 6.45) is 3.67. The third kappa shape index (κ3) is 2.47. The number of imidazole rings is 1. The van der Waals surface area contributed by atoms with E-state index in [1.54, 1.807) is 0 Å². The number of nitrogens with one attached hydrogen (secondary N) is 2. The lowest BCUT2D eigenvalue weighted by atomic mass is 9.98. The molecule has 3 aromatic heterocycles. The van der Waals surface area contributed by atoms with Gasteiger partial charge in [-0.1, -0.05) is 6.07 Å². The molecule has 0 atom stereocenters. The summed E-state index contributed by atoms with van der Waals surface area (Å²) in [5, 5.41) is 8.14. The van der Waals surface area contributed by atoms with Crippen molar-refractivity contribution in [2.24, 2.45) is 0 Å². The normalized spacial score (nSPS) is 11.6.